The van der Waals surface area contributed by atoms with E-state index in [0.717, 1.165) is 0 Å². The van der Waals surface area contributed by atoms with Crippen molar-refractivity contribution in [2.75, 3.05) is 7.11 Å². The maximum absolute atomic E-state index is 11.3. The Labute approximate surface area is 106 Å². The minimum Gasteiger partial charge on any atom is -0.497 e. The second kappa shape index (κ2) is 5.02. The van der Waals surface area contributed by atoms with Crippen molar-refractivity contribution >= 4 is 6.29 Å². The highest BCUT2D eigenvalue weighted by Gasteiger charge is 2.31. The van der Waals surface area contributed by atoms with Crippen molar-refractivity contribution in [3.05, 3.63) is 65.7 Å². The molecule has 0 fully saturated rings. The lowest BCUT2D eigenvalue weighted by Gasteiger charge is -2.23. The molecule has 0 aliphatic carbocycles. The van der Waals surface area contributed by atoms with E-state index in [-0.39, 0.29) is 0 Å². The third kappa shape index (κ3) is 2.13. The molecule has 3 heteroatoms. The van der Waals surface area contributed by atoms with Gasteiger partial charge in [0, 0.05) is 0 Å². The first-order valence-electron chi connectivity index (χ1n) is 5.59. The molecule has 0 saturated heterocycles. The van der Waals surface area contributed by atoms with Crippen molar-refractivity contribution in [2.45, 2.75) is 5.60 Å². The summed E-state index contributed by atoms with van der Waals surface area (Å²) in [5.74, 6) is 0.601. The number of rotatable bonds is 4. The highest BCUT2D eigenvalue weighted by atomic mass is 16.5. The summed E-state index contributed by atoms with van der Waals surface area (Å²) in [5, 5.41) is 10.6. The van der Waals surface area contributed by atoms with Gasteiger partial charge in [-0.3, -0.25) is 4.79 Å². The van der Waals surface area contributed by atoms with Crippen molar-refractivity contribution < 1.29 is 14.6 Å². The molecule has 1 N–H and O–H groups in total. The molecule has 0 spiro atoms. The number of methoxy groups -OCH3 is 1. The van der Waals surface area contributed by atoms with Crippen molar-refractivity contribution in [3.63, 3.8) is 0 Å². The number of carbonyl (C=O) groups excluding carboxylic acids is 1. The van der Waals surface area contributed by atoms with Crippen molar-refractivity contribution in [1.82, 2.24) is 0 Å². The molecule has 0 aliphatic rings. The molecule has 0 heterocycles. The van der Waals surface area contributed by atoms with Crippen LogP contribution < -0.4 is 4.74 Å². The third-order valence-electron chi connectivity index (χ3n) is 2.89. The second-order valence-corrected chi connectivity index (χ2v) is 3.98. The number of ether oxygens (including phenoxy) is 1. The zero-order valence-electron chi connectivity index (χ0n) is 10.0. The fourth-order valence-electron chi connectivity index (χ4n) is 1.86. The van der Waals surface area contributed by atoms with Crippen LogP contribution in [0.2, 0.25) is 0 Å². The molecular formula is C15H14O3. The molecule has 0 radical (unpaired) electrons. The van der Waals surface area contributed by atoms with Crippen LogP contribution in [0.4, 0.5) is 0 Å². The zero-order chi connectivity index (χ0) is 13.0. The molecule has 92 valence electrons. The van der Waals surface area contributed by atoms with Gasteiger partial charge in [0.05, 0.1) is 7.11 Å². The van der Waals surface area contributed by atoms with Crippen LogP contribution >= 0.6 is 0 Å². The lowest BCUT2D eigenvalue weighted by Crippen LogP contribution is -2.28. The maximum Gasteiger partial charge on any atom is 0.170 e. The molecule has 2 aromatic carbocycles. The molecule has 0 amide bonds. The van der Waals surface area contributed by atoms with Crippen molar-refractivity contribution in [1.29, 1.82) is 0 Å². The quantitative estimate of drug-likeness (QED) is 0.835. The summed E-state index contributed by atoms with van der Waals surface area (Å²) in [6.07, 6.45) is 0.539. The SMILES string of the molecule is COc1cccc(C(O)(C=O)c2ccccc2)c1. The van der Waals surface area contributed by atoms with E-state index in [1.807, 2.05) is 6.07 Å². The van der Waals surface area contributed by atoms with E-state index >= 15 is 0 Å². The normalized spacial score (nSPS) is 13.7. The van der Waals surface area contributed by atoms with Gasteiger partial charge in [-0.15, -0.1) is 0 Å². The Morgan fingerprint density at radius 1 is 1.06 bits per heavy atom. The molecule has 1 unspecified atom stereocenters. The topological polar surface area (TPSA) is 46.5 Å². The monoisotopic (exact) mass is 242 g/mol. The Balaban J connectivity index is 2.53. The first-order chi connectivity index (χ1) is 8.70. The van der Waals surface area contributed by atoms with Crippen LogP contribution in [0.3, 0.4) is 0 Å². The number of benzene rings is 2. The summed E-state index contributed by atoms with van der Waals surface area (Å²) in [7, 11) is 1.54. The van der Waals surface area contributed by atoms with Crippen LogP contribution in [0, 0.1) is 0 Å². The molecule has 3 nitrogen and oxygen atoms in total. The highest BCUT2D eigenvalue weighted by Crippen LogP contribution is 2.29. The van der Waals surface area contributed by atoms with Gasteiger partial charge in [-0.2, -0.15) is 0 Å². The predicted octanol–water partition coefficient (Wildman–Crippen LogP) is 2.13. The summed E-state index contributed by atoms with van der Waals surface area (Å²) >= 11 is 0. The Kier molecular flexibility index (Phi) is 3.44. The van der Waals surface area contributed by atoms with Crippen LogP contribution in [0.1, 0.15) is 11.1 Å². The molecule has 0 aliphatic heterocycles. The number of aldehydes is 1. The maximum atomic E-state index is 11.3. The number of hydrogen-bond donors (Lipinski definition) is 1. The second-order valence-electron chi connectivity index (χ2n) is 3.98. The van der Waals surface area contributed by atoms with E-state index in [9.17, 15) is 9.90 Å². The van der Waals surface area contributed by atoms with Gasteiger partial charge in [-0.05, 0) is 23.3 Å². The van der Waals surface area contributed by atoms with E-state index in [1.54, 1.807) is 55.6 Å². The smallest absolute Gasteiger partial charge is 0.170 e. The number of aliphatic hydroxyl groups is 1. The van der Waals surface area contributed by atoms with Crippen LogP contribution in [0.25, 0.3) is 0 Å². The average Bonchev–Trinajstić information content (AvgIpc) is 2.47. The van der Waals surface area contributed by atoms with Crippen molar-refractivity contribution in [3.8, 4) is 5.75 Å². The van der Waals surface area contributed by atoms with E-state index in [0.29, 0.717) is 23.2 Å². The van der Waals surface area contributed by atoms with Gasteiger partial charge in [0.15, 0.2) is 11.9 Å². The standard InChI is InChI=1S/C15H14O3/c1-18-14-9-5-8-13(10-14)15(17,11-16)12-6-3-2-4-7-12/h2-11,17H,1H3. The van der Waals surface area contributed by atoms with Crippen LogP contribution in [0.15, 0.2) is 54.6 Å². The van der Waals surface area contributed by atoms with E-state index < -0.39 is 5.60 Å². The number of carbonyl (C=O) groups is 1. The van der Waals surface area contributed by atoms with Gasteiger partial charge in [0.2, 0.25) is 0 Å². The summed E-state index contributed by atoms with van der Waals surface area (Å²) in [4.78, 5) is 11.3. The lowest BCUT2D eigenvalue weighted by atomic mass is 9.88. The molecular weight excluding hydrogens is 228 g/mol. The fourth-order valence-corrected chi connectivity index (χ4v) is 1.86. The largest absolute Gasteiger partial charge is 0.497 e. The van der Waals surface area contributed by atoms with E-state index in [1.165, 1.54) is 0 Å². The van der Waals surface area contributed by atoms with Crippen molar-refractivity contribution in [2.24, 2.45) is 0 Å². The summed E-state index contributed by atoms with van der Waals surface area (Å²) in [6.45, 7) is 0. The van der Waals surface area contributed by atoms with Crippen LogP contribution in [0.5, 0.6) is 5.75 Å². The Hall–Kier alpha value is -2.13. The van der Waals surface area contributed by atoms with E-state index in [2.05, 4.69) is 0 Å². The molecule has 0 aromatic heterocycles. The van der Waals surface area contributed by atoms with Crippen LogP contribution in [-0.4, -0.2) is 18.5 Å². The van der Waals surface area contributed by atoms with Gasteiger partial charge in [0.25, 0.3) is 0 Å². The van der Waals surface area contributed by atoms with Gasteiger partial charge in [-0.25, -0.2) is 0 Å². The predicted molar refractivity (Wildman–Crippen MR) is 68.5 cm³/mol. The van der Waals surface area contributed by atoms with Gasteiger partial charge >= 0.3 is 0 Å². The average molecular weight is 242 g/mol. The summed E-state index contributed by atoms with van der Waals surface area (Å²) in [5.41, 5.74) is -0.619. The first kappa shape index (κ1) is 12.3. The lowest BCUT2D eigenvalue weighted by molar-refractivity contribution is -0.121. The minimum absolute atomic E-state index is 0.489. The minimum atomic E-state index is -1.64. The Morgan fingerprint density at radius 2 is 1.72 bits per heavy atom. The summed E-state index contributed by atoms with van der Waals surface area (Å²) < 4.78 is 5.10. The number of hydrogen-bond acceptors (Lipinski definition) is 3. The van der Waals surface area contributed by atoms with Gasteiger partial charge in [-0.1, -0.05) is 42.5 Å². The Bertz CT molecular complexity index is 536. The zero-order valence-corrected chi connectivity index (χ0v) is 10.0. The summed E-state index contributed by atoms with van der Waals surface area (Å²) in [6, 6.07) is 15.7. The Morgan fingerprint density at radius 3 is 2.33 bits per heavy atom. The molecule has 1 atom stereocenters. The molecule has 0 bridgehead atoms. The van der Waals surface area contributed by atoms with E-state index in [4.69, 9.17) is 4.74 Å². The molecule has 18 heavy (non-hydrogen) atoms. The van der Waals surface area contributed by atoms with Gasteiger partial charge in [0.1, 0.15) is 5.75 Å². The molecule has 0 saturated carbocycles. The highest BCUT2D eigenvalue weighted by molar-refractivity contribution is 5.72. The van der Waals surface area contributed by atoms with Crippen LogP contribution in [-0.2, 0) is 10.4 Å². The molecule has 2 rings (SSSR count). The fraction of sp³-hybridized carbons (Fsp3) is 0.133. The third-order valence-corrected chi connectivity index (χ3v) is 2.89. The molecule has 2 aromatic rings. The first-order valence-corrected chi connectivity index (χ1v) is 5.59. The van der Waals surface area contributed by atoms with Gasteiger partial charge < -0.3 is 9.84 Å².